The van der Waals surface area contributed by atoms with Gasteiger partial charge in [0.1, 0.15) is 5.00 Å². The number of benzene rings is 1. The molecule has 24 heavy (non-hydrogen) atoms. The molecule has 1 aliphatic carbocycles. The molecule has 4 heteroatoms. The number of amides is 1. The van der Waals surface area contributed by atoms with Crippen LogP contribution in [0, 0.1) is 0 Å². The van der Waals surface area contributed by atoms with Gasteiger partial charge in [-0.3, -0.25) is 4.79 Å². The van der Waals surface area contributed by atoms with E-state index in [9.17, 15) is 4.79 Å². The van der Waals surface area contributed by atoms with Gasteiger partial charge in [0.25, 0.3) is 5.91 Å². The average molecular weight is 336 g/mol. The highest BCUT2D eigenvalue weighted by Crippen LogP contribution is 2.36. The van der Waals surface area contributed by atoms with Crippen molar-refractivity contribution >= 4 is 17.2 Å². The summed E-state index contributed by atoms with van der Waals surface area (Å²) in [5, 5.41) is 4.36. The van der Waals surface area contributed by atoms with Crippen LogP contribution in [-0.4, -0.2) is 10.5 Å². The van der Waals surface area contributed by atoms with Gasteiger partial charge >= 0.3 is 0 Å². The molecule has 3 nitrogen and oxygen atoms in total. The molecule has 1 amide bonds. The second kappa shape index (κ2) is 6.65. The van der Waals surface area contributed by atoms with Gasteiger partial charge in [0.2, 0.25) is 0 Å². The highest BCUT2D eigenvalue weighted by atomic mass is 32.1. The van der Waals surface area contributed by atoms with Gasteiger partial charge in [-0.25, -0.2) is 0 Å². The summed E-state index contributed by atoms with van der Waals surface area (Å²) in [5.74, 6) is -0.00943. The quantitative estimate of drug-likeness (QED) is 0.755. The lowest BCUT2D eigenvalue weighted by Gasteiger charge is -2.14. The van der Waals surface area contributed by atoms with Crippen molar-refractivity contribution in [2.24, 2.45) is 0 Å². The second-order valence-electron chi connectivity index (χ2n) is 6.13. The minimum atomic E-state index is -0.00943. The third kappa shape index (κ3) is 2.89. The van der Waals surface area contributed by atoms with Crippen molar-refractivity contribution in [2.45, 2.75) is 32.2 Å². The van der Waals surface area contributed by atoms with E-state index in [1.165, 1.54) is 40.3 Å². The van der Waals surface area contributed by atoms with Crippen LogP contribution < -0.4 is 5.32 Å². The largest absolute Gasteiger partial charge is 0.348 e. The van der Waals surface area contributed by atoms with Gasteiger partial charge in [-0.1, -0.05) is 18.2 Å². The van der Waals surface area contributed by atoms with Crippen molar-refractivity contribution in [3.63, 3.8) is 0 Å². The molecular weight excluding hydrogens is 316 g/mol. The summed E-state index contributed by atoms with van der Waals surface area (Å²) in [6.45, 7) is 0.590. The maximum absolute atomic E-state index is 12.4. The number of hydrogen-bond donors (Lipinski definition) is 1. The van der Waals surface area contributed by atoms with E-state index in [4.69, 9.17) is 0 Å². The summed E-state index contributed by atoms with van der Waals surface area (Å²) >= 11 is 1.88. The Morgan fingerprint density at radius 3 is 2.58 bits per heavy atom. The molecular formula is C20H20N2OS. The molecule has 0 radical (unpaired) electrons. The molecule has 0 saturated heterocycles. The molecule has 1 N–H and O–H groups in total. The van der Waals surface area contributed by atoms with Crippen LogP contribution in [0.25, 0.3) is 5.00 Å². The molecule has 0 aliphatic heterocycles. The number of aryl methyl sites for hydroxylation is 1. The zero-order chi connectivity index (χ0) is 16.4. The second-order valence-corrected chi connectivity index (χ2v) is 7.22. The molecule has 0 bridgehead atoms. The fourth-order valence-electron chi connectivity index (χ4n) is 3.34. The number of thiophene rings is 1. The minimum absolute atomic E-state index is 0.00943. The summed E-state index contributed by atoms with van der Waals surface area (Å²) in [6, 6.07) is 13.5. The smallest absolute Gasteiger partial charge is 0.251 e. The lowest BCUT2D eigenvalue weighted by Crippen LogP contribution is -2.23. The average Bonchev–Trinajstić information content (AvgIpc) is 3.28. The normalized spacial score (nSPS) is 13.5. The Morgan fingerprint density at radius 1 is 1.04 bits per heavy atom. The number of carbonyl (C=O) groups excluding carboxylic acids is 1. The highest BCUT2D eigenvalue weighted by molar-refractivity contribution is 7.14. The number of carbonyl (C=O) groups is 1. The molecule has 3 aromatic rings. The Morgan fingerprint density at radius 2 is 1.79 bits per heavy atom. The van der Waals surface area contributed by atoms with Gasteiger partial charge < -0.3 is 9.88 Å². The first kappa shape index (κ1) is 15.2. The van der Waals surface area contributed by atoms with Crippen LogP contribution in [0.3, 0.4) is 0 Å². The summed E-state index contributed by atoms with van der Waals surface area (Å²) in [4.78, 5) is 13.9. The van der Waals surface area contributed by atoms with Crippen LogP contribution in [0.15, 0.2) is 54.9 Å². The van der Waals surface area contributed by atoms with Crippen molar-refractivity contribution in [2.75, 3.05) is 0 Å². The summed E-state index contributed by atoms with van der Waals surface area (Å²) in [6.07, 6.45) is 8.98. The highest BCUT2D eigenvalue weighted by Gasteiger charge is 2.21. The molecule has 1 aliphatic rings. The Bertz CT molecular complexity index is 834. The molecule has 2 heterocycles. The standard InChI is InChI=1S/C20H20N2OS/c23-19(15-8-2-1-3-9-15)21-14-17-16-10-4-5-11-18(16)24-20(17)22-12-6-7-13-22/h1-3,6-9,12-13H,4-5,10-11,14H2,(H,21,23). The number of aromatic nitrogens is 1. The van der Waals surface area contributed by atoms with E-state index in [0.717, 1.165) is 6.42 Å². The maximum atomic E-state index is 12.4. The summed E-state index contributed by atoms with van der Waals surface area (Å²) in [7, 11) is 0. The van der Waals surface area contributed by atoms with Gasteiger partial charge in [0, 0.05) is 34.9 Å². The predicted molar refractivity (Wildman–Crippen MR) is 97.9 cm³/mol. The third-order valence-electron chi connectivity index (χ3n) is 4.56. The zero-order valence-electron chi connectivity index (χ0n) is 13.5. The van der Waals surface area contributed by atoms with Crippen LogP contribution in [-0.2, 0) is 19.4 Å². The first-order valence-electron chi connectivity index (χ1n) is 8.43. The monoisotopic (exact) mass is 336 g/mol. The van der Waals surface area contributed by atoms with E-state index in [2.05, 4.69) is 22.3 Å². The minimum Gasteiger partial charge on any atom is -0.348 e. The Kier molecular flexibility index (Phi) is 4.22. The topological polar surface area (TPSA) is 34.0 Å². The molecule has 0 spiro atoms. The number of nitrogens with one attached hydrogen (secondary N) is 1. The molecule has 2 aromatic heterocycles. The SMILES string of the molecule is O=C(NCc1c(-n2cccc2)sc2c1CCCC2)c1ccccc1. The number of hydrogen-bond acceptors (Lipinski definition) is 2. The molecule has 0 unspecified atom stereocenters. The predicted octanol–water partition coefficient (Wildman–Crippen LogP) is 4.35. The van der Waals surface area contributed by atoms with Crippen molar-refractivity contribution in [3.05, 3.63) is 76.4 Å². The van der Waals surface area contributed by atoms with E-state index < -0.39 is 0 Å². The van der Waals surface area contributed by atoms with Crippen molar-refractivity contribution in [1.29, 1.82) is 0 Å². The van der Waals surface area contributed by atoms with E-state index >= 15 is 0 Å². The van der Waals surface area contributed by atoms with Crippen molar-refractivity contribution in [3.8, 4) is 5.00 Å². The van der Waals surface area contributed by atoms with E-state index in [1.807, 2.05) is 53.8 Å². The molecule has 0 atom stereocenters. The van der Waals surface area contributed by atoms with Gasteiger partial charge in [0.15, 0.2) is 0 Å². The van der Waals surface area contributed by atoms with Crippen LogP contribution >= 0.6 is 11.3 Å². The molecule has 122 valence electrons. The molecule has 4 rings (SSSR count). The van der Waals surface area contributed by atoms with E-state index in [1.54, 1.807) is 0 Å². The molecule has 0 saturated carbocycles. The van der Waals surface area contributed by atoms with Crippen LogP contribution in [0.2, 0.25) is 0 Å². The Balaban J connectivity index is 1.62. The summed E-state index contributed by atoms with van der Waals surface area (Å²) in [5.41, 5.74) is 3.46. The summed E-state index contributed by atoms with van der Waals surface area (Å²) < 4.78 is 2.17. The van der Waals surface area contributed by atoms with Gasteiger partial charge in [-0.15, -0.1) is 11.3 Å². The molecule has 0 fully saturated rings. The first-order chi connectivity index (χ1) is 11.8. The van der Waals surface area contributed by atoms with Gasteiger partial charge in [-0.05, 0) is 55.5 Å². The Labute approximate surface area is 146 Å². The zero-order valence-corrected chi connectivity index (χ0v) is 14.3. The lowest BCUT2D eigenvalue weighted by atomic mass is 9.95. The number of fused-ring (bicyclic) bond motifs is 1. The fraction of sp³-hybridized carbons (Fsp3) is 0.250. The lowest BCUT2D eigenvalue weighted by molar-refractivity contribution is 0.0951. The van der Waals surface area contributed by atoms with E-state index in [0.29, 0.717) is 12.1 Å². The van der Waals surface area contributed by atoms with Crippen LogP contribution in [0.5, 0.6) is 0 Å². The maximum Gasteiger partial charge on any atom is 0.251 e. The van der Waals surface area contributed by atoms with Gasteiger partial charge in [0.05, 0.1) is 0 Å². The number of nitrogens with zero attached hydrogens (tertiary/aromatic N) is 1. The van der Waals surface area contributed by atoms with Crippen LogP contribution in [0.1, 0.15) is 39.2 Å². The fourth-order valence-corrected chi connectivity index (χ4v) is 4.71. The van der Waals surface area contributed by atoms with Gasteiger partial charge in [-0.2, -0.15) is 0 Å². The van der Waals surface area contributed by atoms with Crippen LogP contribution in [0.4, 0.5) is 0 Å². The van der Waals surface area contributed by atoms with E-state index in [-0.39, 0.29) is 5.91 Å². The van der Waals surface area contributed by atoms with Crippen molar-refractivity contribution in [1.82, 2.24) is 9.88 Å². The Hall–Kier alpha value is -2.33. The number of rotatable bonds is 4. The first-order valence-corrected chi connectivity index (χ1v) is 9.24. The third-order valence-corrected chi connectivity index (χ3v) is 5.91. The molecule has 1 aromatic carbocycles. The van der Waals surface area contributed by atoms with Crippen molar-refractivity contribution < 1.29 is 4.79 Å².